The van der Waals surface area contributed by atoms with E-state index < -0.39 is 77.8 Å². The number of aliphatic hydroxyl groups is 3. The largest absolute Gasteiger partial charge is 0.460 e. The van der Waals surface area contributed by atoms with Crippen molar-refractivity contribution in [1.82, 2.24) is 4.90 Å². The summed E-state index contributed by atoms with van der Waals surface area (Å²) < 4.78 is 35.6. The molecule has 3 aliphatic heterocycles. The highest BCUT2D eigenvalue weighted by Crippen LogP contribution is 2.38. The number of ether oxygens (including phenoxy) is 6. The fraction of sp³-hybridized carbons (Fsp3) is 0.755. The Morgan fingerprint density at radius 2 is 1.59 bits per heavy atom. The standard InChI is InChI=1S/C53H83NO14/c1-32-16-12-11-13-17-33(2)44(63-8)30-40-21-19-38(7)53(62,68-40)50(59)51(60)54-23-15-14-18-41(54)52(61)67-45(35(4)28-39-20-22-43(66-25-24-55)46(29-39)64-9)31-42(56)34(3)27-37(6)48(58)49(65-10)47(57)36(5)26-32/h11-13,16-17,27,32,34-36,38-41,43-46,48-49,55,58,62H,14-15,18-26,28-31H2,1-10H3/b13-11+,16-12+,33-17+,37-27+/t32-,34-,35+,36-,38-,39-,40+,41+,43-,44+,45+,46-,48-,49+,53-/m1/s1. The molecular weight excluding hydrogens is 875 g/mol. The number of cyclic esters (lactones) is 1. The zero-order valence-electron chi connectivity index (χ0n) is 42.4. The van der Waals surface area contributed by atoms with Gasteiger partial charge in [0, 0.05) is 58.5 Å². The number of Topliss-reactive ketones (excluding diaryl/α,β-unsaturated/α-hetero) is 3. The molecule has 1 amide bonds. The van der Waals surface area contributed by atoms with Crippen LogP contribution in [-0.2, 0) is 52.4 Å². The first-order valence-electron chi connectivity index (χ1n) is 25.0. The predicted octanol–water partition coefficient (Wildman–Crippen LogP) is 6.20. The van der Waals surface area contributed by atoms with Crippen LogP contribution in [0.4, 0.5) is 0 Å². The predicted molar refractivity (Wildman–Crippen MR) is 256 cm³/mol. The van der Waals surface area contributed by atoms with Gasteiger partial charge in [-0.15, -0.1) is 0 Å². The quantitative estimate of drug-likeness (QED) is 0.134. The molecule has 3 heterocycles. The fourth-order valence-electron chi connectivity index (χ4n) is 10.5. The van der Waals surface area contributed by atoms with Gasteiger partial charge in [0.1, 0.15) is 30.1 Å². The van der Waals surface area contributed by atoms with Gasteiger partial charge in [0.15, 0.2) is 5.78 Å². The van der Waals surface area contributed by atoms with E-state index in [1.807, 2.05) is 58.1 Å². The number of methoxy groups -OCH3 is 3. The molecule has 1 aliphatic carbocycles. The van der Waals surface area contributed by atoms with E-state index >= 15 is 0 Å². The van der Waals surface area contributed by atoms with Crippen LogP contribution in [0.1, 0.15) is 126 Å². The number of hydrogen-bond acceptors (Lipinski definition) is 14. The first-order valence-corrected chi connectivity index (χ1v) is 25.0. The third-order valence-electron chi connectivity index (χ3n) is 14.9. The number of ketones is 3. The van der Waals surface area contributed by atoms with E-state index in [-0.39, 0.29) is 74.1 Å². The number of piperidine rings is 1. The van der Waals surface area contributed by atoms with Crippen molar-refractivity contribution in [1.29, 1.82) is 0 Å². The number of rotatable bonds is 9. The Bertz CT molecular complexity index is 1810. The van der Waals surface area contributed by atoms with E-state index in [1.165, 1.54) is 12.0 Å². The summed E-state index contributed by atoms with van der Waals surface area (Å²) >= 11 is 0. The monoisotopic (exact) mass is 958 g/mol. The van der Waals surface area contributed by atoms with Gasteiger partial charge in [-0.25, -0.2) is 4.79 Å². The maximum atomic E-state index is 14.5. The van der Waals surface area contributed by atoms with E-state index in [0.29, 0.717) is 63.4 Å². The van der Waals surface area contributed by atoms with Gasteiger partial charge < -0.3 is 48.6 Å². The van der Waals surface area contributed by atoms with E-state index in [4.69, 9.17) is 28.4 Å². The van der Waals surface area contributed by atoms with Gasteiger partial charge in [-0.3, -0.25) is 19.2 Å². The van der Waals surface area contributed by atoms with Crippen LogP contribution in [0, 0.1) is 35.5 Å². The van der Waals surface area contributed by atoms with Crippen LogP contribution in [0.5, 0.6) is 0 Å². The van der Waals surface area contributed by atoms with Crippen LogP contribution in [0.15, 0.2) is 47.6 Å². The maximum absolute atomic E-state index is 14.5. The molecule has 3 fully saturated rings. The average molecular weight is 958 g/mol. The van der Waals surface area contributed by atoms with Crippen molar-refractivity contribution in [2.75, 3.05) is 41.1 Å². The molecular formula is C53H83NO14. The van der Waals surface area contributed by atoms with Gasteiger partial charge in [-0.1, -0.05) is 71.1 Å². The van der Waals surface area contributed by atoms with E-state index in [9.17, 15) is 39.3 Å². The number of fused-ring (bicyclic) bond motifs is 3. The van der Waals surface area contributed by atoms with Crippen molar-refractivity contribution in [3.8, 4) is 0 Å². The van der Waals surface area contributed by atoms with Crippen LogP contribution in [0.3, 0.4) is 0 Å². The Labute approximate surface area is 405 Å². The number of amides is 1. The first-order chi connectivity index (χ1) is 32.3. The molecule has 15 heteroatoms. The molecule has 15 nitrogen and oxygen atoms in total. The molecule has 2 bridgehead atoms. The van der Waals surface area contributed by atoms with Crippen LogP contribution >= 0.6 is 0 Å². The Morgan fingerprint density at radius 3 is 2.26 bits per heavy atom. The van der Waals surface area contributed by atoms with Crippen molar-refractivity contribution in [3.63, 3.8) is 0 Å². The number of carbonyl (C=O) groups is 5. The SMILES string of the molecule is CO[C@H]1C[C@@H]2CC[C@@H](C)[C@@](O)(O2)C(=O)C(=O)N2CCCC[C@H]2C(=O)O[C@H]([C@@H](C)C[C@H]2CC[C@@H](OCCO)[C@H](OC)C2)CC(=O)[C@H](C)/C=C(\C)[C@@H](O)[C@@H](OC)C(=O)[C@H](C)C[C@H](C)/C=C/C=C/C=C/1C. The van der Waals surface area contributed by atoms with Gasteiger partial charge in [0.2, 0.25) is 5.79 Å². The van der Waals surface area contributed by atoms with Gasteiger partial charge >= 0.3 is 5.97 Å². The Balaban J connectivity index is 1.70. The van der Waals surface area contributed by atoms with E-state index in [2.05, 4.69) is 0 Å². The molecule has 0 aromatic rings. The minimum absolute atomic E-state index is 0.0158. The molecule has 4 aliphatic rings. The molecule has 0 spiro atoms. The summed E-state index contributed by atoms with van der Waals surface area (Å²) in [5, 5.41) is 32.8. The van der Waals surface area contributed by atoms with Gasteiger partial charge in [-0.2, -0.15) is 0 Å². The highest BCUT2D eigenvalue weighted by Gasteiger charge is 2.53. The fourth-order valence-corrected chi connectivity index (χ4v) is 10.5. The topological polar surface area (TPSA) is 205 Å². The number of allylic oxidation sites excluding steroid dienone is 6. The molecule has 2 saturated heterocycles. The highest BCUT2D eigenvalue weighted by atomic mass is 16.6. The van der Waals surface area contributed by atoms with Crippen molar-refractivity contribution in [3.05, 3.63) is 47.6 Å². The lowest BCUT2D eigenvalue weighted by Gasteiger charge is -2.42. The third kappa shape index (κ3) is 15.3. The lowest BCUT2D eigenvalue weighted by molar-refractivity contribution is -0.265. The van der Waals surface area contributed by atoms with E-state index in [1.54, 1.807) is 41.1 Å². The zero-order valence-corrected chi connectivity index (χ0v) is 42.4. The number of nitrogens with zero attached hydrogens (tertiary/aromatic N) is 1. The summed E-state index contributed by atoms with van der Waals surface area (Å²) in [5.74, 6) is -7.96. The molecule has 0 unspecified atom stereocenters. The Kier molecular flexibility index (Phi) is 22.9. The summed E-state index contributed by atoms with van der Waals surface area (Å²) in [4.78, 5) is 72.1. The molecule has 3 N–H and O–H groups in total. The molecule has 0 aromatic heterocycles. The first kappa shape index (κ1) is 57.2. The summed E-state index contributed by atoms with van der Waals surface area (Å²) in [6.07, 6.45) is 12.0. The van der Waals surface area contributed by atoms with Gasteiger partial charge in [-0.05, 0) is 107 Å². The number of hydrogen-bond donors (Lipinski definition) is 3. The lowest BCUT2D eigenvalue weighted by atomic mass is 9.78. The Morgan fingerprint density at radius 1 is 0.853 bits per heavy atom. The van der Waals surface area contributed by atoms with Crippen molar-refractivity contribution >= 4 is 29.2 Å². The summed E-state index contributed by atoms with van der Waals surface area (Å²) in [6, 6.07) is -1.14. The molecule has 0 aromatic carbocycles. The van der Waals surface area contributed by atoms with Crippen molar-refractivity contribution in [2.24, 2.45) is 35.5 Å². The molecule has 68 heavy (non-hydrogen) atoms. The average Bonchev–Trinajstić information content (AvgIpc) is 3.32. The van der Waals surface area contributed by atoms with Crippen LogP contribution < -0.4 is 0 Å². The smallest absolute Gasteiger partial charge is 0.329 e. The second-order valence-corrected chi connectivity index (χ2v) is 20.2. The lowest BCUT2D eigenvalue weighted by Crippen LogP contribution is -2.61. The summed E-state index contributed by atoms with van der Waals surface area (Å²) in [7, 11) is 4.58. The minimum Gasteiger partial charge on any atom is -0.460 e. The normalized spacial score (nSPS) is 39.2. The van der Waals surface area contributed by atoms with Gasteiger partial charge in [0.25, 0.3) is 11.7 Å². The molecule has 15 atom stereocenters. The van der Waals surface area contributed by atoms with Crippen LogP contribution in [0.2, 0.25) is 0 Å². The van der Waals surface area contributed by atoms with E-state index in [0.717, 1.165) is 12.0 Å². The third-order valence-corrected chi connectivity index (χ3v) is 14.9. The minimum atomic E-state index is -2.43. The van der Waals surface area contributed by atoms with Crippen LogP contribution in [0.25, 0.3) is 0 Å². The second-order valence-electron chi connectivity index (χ2n) is 20.2. The van der Waals surface area contributed by atoms with Crippen molar-refractivity contribution < 1.29 is 67.7 Å². The second kappa shape index (κ2) is 27.3. The maximum Gasteiger partial charge on any atom is 0.329 e. The Hall–Kier alpha value is -3.41. The molecule has 1 saturated carbocycles. The summed E-state index contributed by atoms with van der Waals surface area (Å²) in [5.41, 5.74) is 1.26. The number of carbonyl (C=O) groups excluding carboxylic acids is 5. The summed E-state index contributed by atoms with van der Waals surface area (Å²) in [6.45, 7) is 12.9. The molecule has 384 valence electrons. The highest BCUT2D eigenvalue weighted by molar-refractivity contribution is 6.39. The van der Waals surface area contributed by atoms with Gasteiger partial charge in [0.05, 0.1) is 37.6 Å². The molecule has 4 rings (SSSR count). The number of esters is 1. The molecule has 0 radical (unpaired) electrons. The zero-order chi connectivity index (χ0) is 50.3. The number of aliphatic hydroxyl groups excluding tert-OH is 2. The van der Waals surface area contributed by atoms with Crippen molar-refractivity contribution in [2.45, 2.75) is 180 Å². The van der Waals surface area contributed by atoms with Crippen LogP contribution in [-0.4, -0.2) is 145 Å².